The first-order valence-electron chi connectivity index (χ1n) is 7.95. The lowest BCUT2D eigenvalue weighted by atomic mass is 9.89. The van der Waals surface area contributed by atoms with Crippen LogP contribution >= 0.6 is 0 Å². The Balaban J connectivity index is 1.83. The highest BCUT2D eigenvalue weighted by Gasteiger charge is 2.40. The maximum atomic E-state index is 14.0. The summed E-state index contributed by atoms with van der Waals surface area (Å²) in [6.07, 6.45) is 5.90. The predicted octanol–water partition coefficient (Wildman–Crippen LogP) is 3.65. The quantitative estimate of drug-likeness (QED) is 0.676. The SMILES string of the molecule is COc1cc(F)c([N+](=O)[O-])c(NC2CCOC3(CCCC3)C2)c1. The van der Waals surface area contributed by atoms with E-state index >= 15 is 0 Å². The van der Waals surface area contributed by atoms with Gasteiger partial charge in [-0.2, -0.15) is 4.39 Å². The van der Waals surface area contributed by atoms with Gasteiger partial charge < -0.3 is 14.8 Å². The fraction of sp³-hybridized carbons (Fsp3) is 0.625. The number of nitrogens with zero attached hydrogens (tertiary/aromatic N) is 1. The van der Waals surface area contributed by atoms with E-state index in [1.165, 1.54) is 13.2 Å². The van der Waals surface area contributed by atoms with Gasteiger partial charge in [-0.3, -0.25) is 10.1 Å². The van der Waals surface area contributed by atoms with Crippen molar-refractivity contribution in [3.05, 3.63) is 28.1 Å². The van der Waals surface area contributed by atoms with Crippen LogP contribution in [0.5, 0.6) is 5.75 Å². The second-order valence-electron chi connectivity index (χ2n) is 6.34. The van der Waals surface area contributed by atoms with Crippen molar-refractivity contribution in [1.29, 1.82) is 0 Å². The van der Waals surface area contributed by atoms with Crippen LogP contribution in [-0.4, -0.2) is 30.3 Å². The summed E-state index contributed by atoms with van der Waals surface area (Å²) in [5.41, 5.74) is -0.466. The van der Waals surface area contributed by atoms with Crippen LogP contribution in [0.25, 0.3) is 0 Å². The number of anilines is 1. The third-order valence-corrected chi connectivity index (χ3v) is 4.82. The molecule has 2 aliphatic rings. The van der Waals surface area contributed by atoms with E-state index in [2.05, 4.69) is 5.32 Å². The van der Waals surface area contributed by atoms with E-state index in [1.807, 2.05) is 0 Å². The lowest BCUT2D eigenvalue weighted by molar-refractivity contribution is -0.386. The van der Waals surface area contributed by atoms with E-state index in [-0.39, 0.29) is 23.1 Å². The topological polar surface area (TPSA) is 73.6 Å². The number of nitro groups is 1. The molecule has 0 amide bonds. The number of hydrogen-bond donors (Lipinski definition) is 1. The zero-order valence-corrected chi connectivity index (χ0v) is 13.1. The van der Waals surface area contributed by atoms with Gasteiger partial charge >= 0.3 is 5.69 Å². The standard InChI is InChI=1S/C16H21FN2O4/c1-22-12-8-13(17)15(19(20)21)14(9-12)18-11-4-7-23-16(10-11)5-2-3-6-16/h8-9,11,18H,2-7,10H2,1H3. The highest BCUT2D eigenvalue weighted by atomic mass is 19.1. The maximum Gasteiger partial charge on any atom is 0.327 e. The average molecular weight is 324 g/mol. The van der Waals surface area contributed by atoms with Crippen molar-refractivity contribution in [2.45, 2.75) is 50.2 Å². The van der Waals surface area contributed by atoms with Gasteiger partial charge in [0, 0.05) is 24.8 Å². The van der Waals surface area contributed by atoms with Crippen molar-refractivity contribution >= 4 is 11.4 Å². The smallest absolute Gasteiger partial charge is 0.327 e. The fourth-order valence-electron chi connectivity index (χ4n) is 3.73. The third-order valence-electron chi connectivity index (χ3n) is 4.82. The van der Waals surface area contributed by atoms with E-state index in [4.69, 9.17) is 9.47 Å². The Bertz CT molecular complexity index is 602. The van der Waals surface area contributed by atoms with E-state index in [0.717, 1.165) is 44.6 Å². The van der Waals surface area contributed by atoms with Crippen LogP contribution in [0.4, 0.5) is 15.8 Å². The van der Waals surface area contributed by atoms with Crippen molar-refractivity contribution in [2.24, 2.45) is 0 Å². The van der Waals surface area contributed by atoms with Gasteiger partial charge in [-0.1, -0.05) is 12.8 Å². The molecule has 1 N–H and O–H groups in total. The molecule has 1 aliphatic carbocycles. The zero-order chi connectivity index (χ0) is 16.4. The summed E-state index contributed by atoms with van der Waals surface area (Å²) in [6.45, 7) is 0.623. The normalized spacial score (nSPS) is 23.0. The van der Waals surface area contributed by atoms with Crippen molar-refractivity contribution in [1.82, 2.24) is 0 Å². The molecule has 2 fully saturated rings. The Labute approximate surface area is 134 Å². The van der Waals surface area contributed by atoms with Gasteiger partial charge in [-0.05, 0) is 25.7 Å². The molecule has 1 aliphatic heterocycles. The second kappa shape index (κ2) is 6.31. The van der Waals surface area contributed by atoms with Crippen molar-refractivity contribution < 1.29 is 18.8 Å². The molecule has 6 nitrogen and oxygen atoms in total. The van der Waals surface area contributed by atoms with Crippen molar-refractivity contribution in [3.8, 4) is 5.75 Å². The highest BCUT2D eigenvalue weighted by molar-refractivity contribution is 5.65. The summed E-state index contributed by atoms with van der Waals surface area (Å²) in [6, 6.07) is 2.55. The van der Waals surface area contributed by atoms with Gasteiger partial charge in [0.15, 0.2) is 0 Å². The highest BCUT2D eigenvalue weighted by Crippen LogP contribution is 2.41. The number of ether oxygens (including phenoxy) is 2. The molecule has 0 aromatic heterocycles. The lowest BCUT2D eigenvalue weighted by Crippen LogP contribution is -2.42. The first-order chi connectivity index (χ1) is 11.0. The van der Waals surface area contributed by atoms with Gasteiger partial charge in [0.25, 0.3) is 0 Å². The zero-order valence-electron chi connectivity index (χ0n) is 13.1. The molecule has 1 aromatic carbocycles. The first-order valence-corrected chi connectivity index (χ1v) is 7.95. The minimum absolute atomic E-state index is 0.0343. The van der Waals surface area contributed by atoms with Crippen molar-refractivity contribution in [2.75, 3.05) is 19.0 Å². The van der Waals surface area contributed by atoms with Crippen LogP contribution in [0.3, 0.4) is 0 Å². The van der Waals surface area contributed by atoms with Crippen LogP contribution in [0.2, 0.25) is 0 Å². The molecule has 1 saturated carbocycles. The number of halogens is 1. The molecule has 1 aromatic rings. The van der Waals surface area contributed by atoms with Crippen LogP contribution in [-0.2, 0) is 4.74 Å². The lowest BCUT2D eigenvalue weighted by Gasteiger charge is -2.38. The van der Waals surface area contributed by atoms with Gasteiger partial charge in [-0.15, -0.1) is 0 Å². The molecule has 7 heteroatoms. The number of nitrogens with one attached hydrogen (secondary N) is 1. The number of nitro benzene ring substituents is 1. The number of methoxy groups -OCH3 is 1. The Kier molecular flexibility index (Phi) is 4.39. The average Bonchev–Trinajstić information content (AvgIpc) is 2.94. The molecular formula is C16H21FN2O4. The summed E-state index contributed by atoms with van der Waals surface area (Å²) in [5.74, 6) is -0.627. The van der Waals surface area contributed by atoms with Gasteiger partial charge in [0.2, 0.25) is 5.82 Å². The molecule has 0 bridgehead atoms. The molecule has 1 spiro atoms. The Morgan fingerprint density at radius 3 is 2.83 bits per heavy atom. The summed E-state index contributed by atoms with van der Waals surface area (Å²) in [4.78, 5) is 10.5. The van der Waals surface area contributed by atoms with Gasteiger partial charge in [0.1, 0.15) is 11.4 Å². The Hall–Kier alpha value is -1.89. The van der Waals surface area contributed by atoms with Gasteiger partial charge in [-0.25, -0.2) is 0 Å². The van der Waals surface area contributed by atoms with E-state index < -0.39 is 16.4 Å². The van der Waals surface area contributed by atoms with E-state index in [9.17, 15) is 14.5 Å². The summed E-state index contributed by atoms with van der Waals surface area (Å²) < 4.78 is 25.0. The molecular weight excluding hydrogens is 303 g/mol. The van der Waals surface area contributed by atoms with E-state index in [0.29, 0.717) is 6.61 Å². The Morgan fingerprint density at radius 1 is 1.43 bits per heavy atom. The van der Waals surface area contributed by atoms with Crippen LogP contribution < -0.4 is 10.1 Å². The number of hydrogen-bond acceptors (Lipinski definition) is 5. The molecule has 3 rings (SSSR count). The van der Waals surface area contributed by atoms with Crippen LogP contribution in [0, 0.1) is 15.9 Å². The number of benzene rings is 1. The molecule has 126 valence electrons. The fourth-order valence-corrected chi connectivity index (χ4v) is 3.73. The summed E-state index contributed by atoms with van der Waals surface area (Å²) >= 11 is 0. The van der Waals surface area contributed by atoms with E-state index in [1.54, 1.807) is 0 Å². The molecule has 1 heterocycles. The van der Waals surface area contributed by atoms with Crippen molar-refractivity contribution in [3.63, 3.8) is 0 Å². The minimum Gasteiger partial charge on any atom is -0.497 e. The largest absolute Gasteiger partial charge is 0.497 e. The number of rotatable bonds is 4. The predicted molar refractivity (Wildman–Crippen MR) is 83.4 cm³/mol. The summed E-state index contributed by atoms with van der Waals surface area (Å²) in [7, 11) is 1.41. The van der Waals surface area contributed by atoms with Crippen LogP contribution in [0.15, 0.2) is 12.1 Å². The monoisotopic (exact) mass is 324 g/mol. The molecule has 1 atom stereocenters. The minimum atomic E-state index is -0.889. The second-order valence-corrected chi connectivity index (χ2v) is 6.34. The third kappa shape index (κ3) is 3.24. The molecule has 23 heavy (non-hydrogen) atoms. The van der Waals surface area contributed by atoms with Gasteiger partial charge in [0.05, 0.1) is 17.6 Å². The maximum absolute atomic E-state index is 14.0. The molecule has 1 unspecified atom stereocenters. The Morgan fingerprint density at radius 2 is 2.17 bits per heavy atom. The molecule has 1 saturated heterocycles. The van der Waals surface area contributed by atoms with Crippen LogP contribution in [0.1, 0.15) is 38.5 Å². The first kappa shape index (κ1) is 16.0. The summed E-state index contributed by atoms with van der Waals surface area (Å²) in [5, 5.41) is 14.3. The molecule has 0 radical (unpaired) electrons.